The Hall–Kier alpha value is -4.11. The summed E-state index contributed by atoms with van der Waals surface area (Å²) in [6, 6.07) is 6.30. The van der Waals surface area contributed by atoms with Crippen molar-refractivity contribution in [1.29, 1.82) is 0 Å². The average Bonchev–Trinajstić information content (AvgIpc) is 3.66. The summed E-state index contributed by atoms with van der Waals surface area (Å²) in [7, 11) is 0. The van der Waals surface area contributed by atoms with Crippen LogP contribution < -0.4 is 10.1 Å². The number of imide groups is 1. The van der Waals surface area contributed by atoms with Gasteiger partial charge in [0.1, 0.15) is 62.3 Å². The summed E-state index contributed by atoms with van der Waals surface area (Å²) in [6.07, 6.45) is -2.72. The summed E-state index contributed by atoms with van der Waals surface area (Å²) in [5.41, 5.74) is 0.778. The van der Waals surface area contributed by atoms with Crippen LogP contribution in [0.25, 0.3) is 10.9 Å². The van der Waals surface area contributed by atoms with Crippen LogP contribution in [0.1, 0.15) is 20.3 Å². The number of ether oxygens (including phenoxy) is 6. The van der Waals surface area contributed by atoms with Gasteiger partial charge in [-0.3, -0.25) is 33.7 Å². The van der Waals surface area contributed by atoms with Crippen LogP contribution in [0.3, 0.4) is 0 Å². The quantitative estimate of drug-likeness (QED) is 0.0872. The van der Waals surface area contributed by atoms with Crippen LogP contribution in [0.5, 0.6) is 5.75 Å². The van der Waals surface area contributed by atoms with Gasteiger partial charge in [0.2, 0.25) is 23.6 Å². The molecule has 0 saturated carbocycles. The van der Waals surface area contributed by atoms with E-state index in [0.717, 1.165) is 10.9 Å². The molecule has 3 fully saturated rings. The minimum atomic E-state index is -1.35. The van der Waals surface area contributed by atoms with Gasteiger partial charge < -0.3 is 53.4 Å². The molecule has 18 nitrogen and oxygen atoms in total. The number of amides is 4. The van der Waals surface area contributed by atoms with Crippen molar-refractivity contribution in [1.82, 2.24) is 19.7 Å². The number of thioether (sulfide) groups is 1. The first kappa shape index (κ1) is 41.1. The summed E-state index contributed by atoms with van der Waals surface area (Å²) in [4.78, 5) is 75.2. The standard InChI is InChI=1S/C35H46N4O14S/c1-21(40)20-54-27-16-29(43)39(34(27)47)8-9-50-24-3-4-25-23(15-24)5-6-37(25)18-30(44)51-14-13-48-11-12-49-19-28(42)36-17-26-32(45)33(46)31-35(53-26)52-10-7-38(31)22(2)41/h3-6,15,26-27,31-33,35,45-46H,7-14,16-20H2,1-2H3,(H,36,42)/t26?,27?,31?,32-,33+,35?/m0/s1. The Balaban J connectivity index is 0.913. The van der Waals surface area contributed by atoms with E-state index in [0.29, 0.717) is 5.75 Å². The number of ketones is 1. The van der Waals surface area contributed by atoms with Crippen LogP contribution in [-0.2, 0) is 59.0 Å². The van der Waals surface area contributed by atoms with Crippen molar-refractivity contribution >= 4 is 58.0 Å². The number of fused-ring (bicyclic) bond motifs is 2. The third-order valence-electron chi connectivity index (χ3n) is 8.96. The van der Waals surface area contributed by atoms with Crippen LogP contribution in [0, 0.1) is 0 Å². The number of morpholine rings is 1. The number of benzene rings is 1. The van der Waals surface area contributed by atoms with Gasteiger partial charge >= 0.3 is 5.97 Å². The van der Waals surface area contributed by atoms with Crippen LogP contribution in [0.2, 0.25) is 0 Å². The van der Waals surface area contributed by atoms with E-state index in [1.54, 1.807) is 29.0 Å². The molecule has 4 amide bonds. The molecule has 6 atom stereocenters. The largest absolute Gasteiger partial charge is 0.492 e. The predicted molar refractivity (Wildman–Crippen MR) is 189 cm³/mol. The van der Waals surface area contributed by atoms with Gasteiger partial charge in [-0.25, -0.2) is 0 Å². The number of hydrogen-bond donors (Lipinski definition) is 3. The first-order valence-corrected chi connectivity index (χ1v) is 18.6. The van der Waals surface area contributed by atoms with Crippen LogP contribution in [0.4, 0.5) is 0 Å². The average molecular weight is 779 g/mol. The number of nitrogens with zero attached hydrogens (tertiary/aromatic N) is 3. The van der Waals surface area contributed by atoms with Gasteiger partial charge in [-0.1, -0.05) is 0 Å². The van der Waals surface area contributed by atoms with Gasteiger partial charge in [-0.05, 0) is 31.2 Å². The number of esters is 1. The molecule has 3 saturated heterocycles. The lowest BCUT2D eigenvalue weighted by atomic mass is 9.94. The monoisotopic (exact) mass is 778 g/mol. The van der Waals surface area contributed by atoms with Crippen molar-refractivity contribution in [2.24, 2.45) is 0 Å². The van der Waals surface area contributed by atoms with Crippen molar-refractivity contribution in [2.75, 3.05) is 71.6 Å². The Morgan fingerprint density at radius 3 is 2.56 bits per heavy atom. The van der Waals surface area contributed by atoms with Crippen LogP contribution >= 0.6 is 11.8 Å². The number of aliphatic hydroxyl groups excluding tert-OH is 2. The van der Waals surface area contributed by atoms with Crippen molar-refractivity contribution in [3.8, 4) is 5.75 Å². The first-order chi connectivity index (χ1) is 25.9. The molecule has 2 aromatic rings. The number of carbonyl (C=O) groups excluding carboxylic acids is 6. The lowest BCUT2D eigenvalue weighted by molar-refractivity contribution is -0.296. The van der Waals surface area contributed by atoms with Gasteiger partial charge in [0, 0.05) is 43.5 Å². The maximum absolute atomic E-state index is 12.5. The van der Waals surface area contributed by atoms with Crippen molar-refractivity contribution in [2.45, 2.75) is 62.7 Å². The molecule has 0 radical (unpaired) electrons. The van der Waals surface area contributed by atoms with E-state index < -0.39 is 47.8 Å². The van der Waals surface area contributed by atoms with E-state index in [1.807, 2.05) is 6.07 Å². The van der Waals surface area contributed by atoms with Crippen LogP contribution in [-0.4, -0.2) is 167 Å². The molecule has 4 unspecified atom stereocenters. The predicted octanol–water partition coefficient (Wildman–Crippen LogP) is -1.14. The number of Topliss-reactive ketones (excluding diaryl/α,β-unsaturated/α-hetero) is 1. The molecule has 296 valence electrons. The molecule has 54 heavy (non-hydrogen) atoms. The third-order valence-corrected chi connectivity index (χ3v) is 10.3. The highest BCUT2D eigenvalue weighted by Gasteiger charge is 2.50. The van der Waals surface area contributed by atoms with Gasteiger partial charge in [0.25, 0.3) is 0 Å². The summed E-state index contributed by atoms with van der Waals surface area (Å²) < 4.78 is 34.8. The summed E-state index contributed by atoms with van der Waals surface area (Å²) in [6.45, 7) is 3.46. The molecule has 3 aliphatic rings. The molecular weight excluding hydrogens is 732 g/mol. The summed E-state index contributed by atoms with van der Waals surface area (Å²) in [5, 5.41) is 24.0. The fourth-order valence-electron chi connectivity index (χ4n) is 6.28. The van der Waals surface area contributed by atoms with E-state index >= 15 is 0 Å². The Kier molecular flexibility index (Phi) is 14.8. The second-order valence-corrected chi connectivity index (χ2v) is 14.1. The number of nitrogens with one attached hydrogen (secondary N) is 1. The Morgan fingerprint density at radius 1 is 1.00 bits per heavy atom. The smallest absolute Gasteiger partial charge is 0.326 e. The lowest BCUT2D eigenvalue weighted by Crippen LogP contribution is -2.68. The van der Waals surface area contributed by atoms with E-state index in [-0.39, 0.29) is 108 Å². The minimum Gasteiger partial charge on any atom is -0.492 e. The highest BCUT2D eigenvalue weighted by atomic mass is 32.2. The van der Waals surface area contributed by atoms with Crippen LogP contribution in [0.15, 0.2) is 30.5 Å². The molecule has 4 heterocycles. The van der Waals surface area contributed by atoms with Crippen molar-refractivity contribution in [3.05, 3.63) is 30.5 Å². The number of rotatable bonds is 19. The second kappa shape index (κ2) is 19.5. The molecule has 3 aliphatic heterocycles. The maximum atomic E-state index is 12.5. The highest BCUT2D eigenvalue weighted by Crippen LogP contribution is 2.29. The van der Waals surface area contributed by atoms with Gasteiger partial charge in [-0.2, -0.15) is 0 Å². The molecule has 0 aliphatic carbocycles. The summed E-state index contributed by atoms with van der Waals surface area (Å²) in [5.74, 6) is -1.12. The Bertz CT molecular complexity index is 1670. The van der Waals surface area contributed by atoms with E-state index in [2.05, 4.69) is 5.32 Å². The Labute approximate surface area is 315 Å². The van der Waals surface area contributed by atoms with Crippen molar-refractivity contribution < 1.29 is 67.4 Å². The second-order valence-electron chi connectivity index (χ2n) is 12.9. The molecule has 5 rings (SSSR count). The molecule has 0 spiro atoms. The fraction of sp³-hybridized carbons (Fsp3) is 0.600. The maximum Gasteiger partial charge on any atom is 0.326 e. The molecule has 0 bridgehead atoms. The van der Waals surface area contributed by atoms with E-state index in [9.17, 15) is 39.0 Å². The number of aliphatic hydroxyl groups is 2. The third kappa shape index (κ3) is 10.8. The molecule has 1 aromatic carbocycles. The highest BCUT2D eigenvalue weighted by molar-refractivity contribution is 8.01. The van der Waals surface area contributed by atoms with E-state index in [4.69, 9.17) is 28.4 Å². The Morgan fingerprint density at radius 2 is 1.78 bits per heavy atom. The molecule has 1 aromatic heterocycles. The van der Waals surface area contributed by atoms with E-state index in [1.165, 1.54) is 35.4 Å². The fourth-order valence-corrected chi connectivity index (χ4v) is 7.25. The number of carbonyl (C=O) groups is 6. The zero-order chi connectivity index (χ0) is 38.8. The molecular formula is C35H46N4O14S. The SMILES string of the molecule is CC(=O)CSC1CC(=O)N(CCOc2ccc3c(ccn3CC(=O)OCCOCCOCC(=O)NCC3OC4OCCN(C(C)=O)C4[C@@H](O)[C@H]3O)c2)C1=O. The number of hydrogen-bond acceptors (Lipinski definition) is 15. The normalized spacial score (nSPS) is 24.1. The number of aromatic nitrogens is 1. The van der Waals surface area contributed by atoms with Gasteiger partial charge in [0.15, 0.2) is 6.29 Å². The topological polar surface area (TPSA) is 222 Å². The number of likely N-dealkylation sites (tertiary alicyclic amines) is 1. The van der Waals surface area contributed by atoms with Crippen molar-refractivity contribution in [3.63, 3.8) is 0 Å². The lowest BCUT2D eigenvalue weighted by Gasteiger charge is -2.49. The zero-order valence-electron chi connectivity index (χ0n) is 30.1. The first-order valence-electron chi connectivity index (χ1n) is 17.6. The zero-order valence-corrected chi connectivity index (χ0v) is 30.9. The van der Waals surface area contributed by atoms with Gasteiger partial charge in [0.05, 0.1) is 44.0 Å². The van der Waals surface area contributed by atoms with Gasteiger partial charge in [-0.15, -0.1) is 11.8 Å². The summed E-state index contributed by atoms with van der Waals surface area (Å²) >= 11 is 1.18. The molecule has 3 N–H and O–H groups in total. The molecule has 19 heteroatoms. The minimum absolute atomic E-state index is 0.0139.